The van der Waals surface area contributed by atoms with Crippen LogP contribution in [0.1, 0.15) is 16.1 Å². The summed E-state index contributed by atoms with van der Waals surface area (Å²) in [5.74, 6) is -0.436. The van der Waals surface area contributed by atoms with E-state index in [1.54, 1.807) is 24.5 Å². The summed E-state index contributed by atoms with van der Waals surface area (Å²) in [5, 5.41) is 5.22. The van der Waals surface area contributed by atoms with E-state index in [9.17, 15) is 4.79 Å². The van der Waals surface area contributed by atoms with Crippen molar-refractivity contribution in [2.45, 2.75) is 6.92 Å². The fourth-order valence-electron chi connectivity index (χ4n) is 2.05. The van der Waals surface area contributed by atoms with E-state index in [2.05, 4.69) is 10.1 Å². The second-order valence-electron chi connectivity index (χ2n) is 4.35. The summed E-state index contributed by atoms with van der Waals surface area (Å²) in [7, 11) is 0. The van der Waals surface area contributed by atoms with Crippen molar-refractivity contribution in [1.82, 2.24) is 14.8 Å². The van der Waals surface area contributed by atoms with Gasteiger partial charge in [-0.1, -0.05) is 0 Å². The third-order valence-electron chi connectivity index (χ3n) is 2.98. The lowest BCUT2D eigenvalue weighted by molar-refractivity contribution is 0.100. The molecule has 3 rings (SSSR count). The first-order valence-electron chi connectivity index (χ1n) is 5.86. The van der Waals surface area contributed by atoms with Gasteiger partial charge in [-0.25, -0.2) is 4.68 Å². The summed E-state index contributed by atoms with van der Waals surface area (Å²) in [4.78, 5) is 15.3. The van der Waals surface area contributed by atoms with Crippen molar-refractivity contribution in [2.75, 3.05) is 0 Å². The van der Waals surface area contributed by atoms with E-state index in [-0.39, 0.29) is 0 Å². The molecule has 2 N–H and O–H groups in total. The number of carbonyl (C=O) groups is 1. The zero-order chi connectivity index (χ0) is 13.4. The number of nitrogens with two attached hydrogens (primary N) is 1. The summed E-state index contributed by atoms with van der Waals surface area (Å²) >= 11 is 0. The van der Waals surface area contributed by atoms with Gasteiger partial charge in [0.25, 0.3) is 0 Å². The molecule has 2 heterocycles. The Bertz CT molecular complexity index is 776. The number of primary amides is 1. The molecule has 0 saturated heterocycles. The fraction of sp³-hybridized carbons (Fsp3) is 0.0714. The van der Waals surface area contributed by atoms with Crippen molar-refractivity contribution in [3.8, 4) is 5.69 Å². The molecule has 5 heteroatoms. The molecule has 0 aliphatic rings. The first-order valence-corrected chi connectivity index (χ1v) is 5.86. The highest BCUT2D eigenvalue weighted by Crippen LogP contribution is 2.19. The highest BCUT2D eigenvalue weighted by Gasteiger charge is 2.08. The van der Waals surface area contributed by atoms with Crippen molar-refractivity contribution in [3.05, 3.63) is 54.0 Å². The van der Waals surface area contributed by atoms with Crippen molar-refractivity contribution in [2.24, 2.45) is 5.73 Å². The minimum Gasteiger partial charge on any atom is -0.366 e. The topological polar surface area (TPSA) is 73.8 Å². The molecule has 0 aliphatic carbocycles. The second kappa shape index (κ2) is 4.20. The SMILES string of the molecule is Cc1cc(-n2ncc3cc(C(N)=O)ccc32)ccn1. The van der Waals surface area contributed by atoms with E-state index >= 15 is 0 Å². The van der Waals surface area contributed by atoms with Gasteiger partial charge in [0, 0.05) is 22.8 Å². The van der Waals surface area contributed by atoms with Crippen LogP contribution in [0.4, 0.5) is 0 Å². The standard InChI is InChI=1S/C14H12N4O/c1-9-6-12(4-5-16-9)18-13-3-2-10(14(15)19)7-11(13)8-17-18/h2-8H,1H3,(H2,15,19). The number of fused-ring (bicyclic) bond motifs is 1. The average molecular weight is 252 g/mol. The number of aryl methyl sites for hydroxylation is 1. The molecule has 2 aromatic heterocycles. The number of hydrogen-bond acceptors (Lipinski definition) is 3. The van der Waals surface area contributed by atoms with E-state index in [0.717, 1.165) is 22.3 Å². The lowest BCUT2D eigenvalue weighted by atomic mass is 10.1. The van der Waals surface area contributed by atoms with Crippen LogP contribution in [-0.2, 0) is 0 Å². The highest BCUT2D eigenvalue weighted by atomic mass is 16.1. The van der Waals surface area contributed by atoms with Gasteiger partial charge in [0.05, 0.1) is 17.4 Å². The van der Waals surface area contributed by atoms with Crippen molar-refractivity contribution in [3.63, 3.8) is 0 Å². The summed E-state index contributed by atoms with van der Waals surface area (Å²) in [6.45, 7) is 1.93. The normalized spacial score (nSPS) is 10.8. The van der Waals surface area contributed by atoms with Gasteiger partial charge in [0.15, 0.2) is 0 Å². The largest absolute Gasteiger partial charge is 0.366 e. The Kier molecular flexibility index (Phi) is 2.52. The molecule has 1 aromatic carbocycles. The molecule has 0 bridgehead atoms. The molecule has 0 atom stereocenters. The molecule has 0 radical (unpaired) electrons. The van der Waals surface area contributed by atoms with Crippen LogP contribution in [0.3, 0.4) is 0 Å². The Morgan fingerprint density at radius 1 is 1.26 bits per heavy atom. The minimum absolute atomic E-state index is 0.436. The van der Waals surface area contributed by atoms with Crippen LogP contribution in [0.15, 0.2) is 42.7 Å². The quantitative estimate of drug-likeness (QED) is 0.756. The van der Waals surface area contributed by atoms with Crippen molar-refractivity contribution < 1.29 is 4.79 Å². The molecule has 94 valence electrons. The summed E-state index contributed by atoms with van der Waals surface area (Å²) < 4.78 is 1.81. The van der Waals surface area contributed by atoms with Gasteiger partial charge in [-0.3, -0.25) is 9.78 Å². The smallest absolute Gasteiger partial charge is 0.248 e. The van der Waals surface area contributed by atoms with Crippen LogP contribution in [0.25, 0.3) is 16.6 Å². The van der Waals surface area contributed by atoms with Crippen molar-refractivity contribution >= 4 is 16.8 Å². The summed E-state index contributed by atoms with van der Waals surface area (Å²) in [6.07, 6.45) is 3.47. The lowest BCUT2D eigenvalue weighted by Crippen LogP contribution is -2.10. The van der Waals surface area contributed by atoms with Gasteiger partial charge in [-0.2, -0.15) is 5.10 Å². The van der Waals surface area contributed by atoms with Gasteiger partial charge >= 0.3 is 0 Å². The molecule has 0 aliphatic heterocycles. The fourth-order valence-corrected chi connectivity index (χ4v) is 2.05. The Morgan fingerprint density at radius 2 is 2.11 bits per heavy atom. The van der Waals surface area contributed by atoms with Gasteiger partial charge < -0.3 is 5.73 Å². The maximum atomic E-state index is 11.2. The van der Waals surface area contributed by atoms with E-state index in [1.807, 2.05) is 29.8 Å². The predicted molar refractivity (Wildman–Crippen MR) is 72.1 cm³/mol. The van der Waals surface area contributed by atoms with E-state index in [0.29, 0.717) is 5.56 Å². The van der Waals surface area contributed by atoms with Crippen LogP contribution >= 0.6 is 0 Å². The van der Waals surface area contributed by atoms with Gasteiger partial charge in [-0.15, -0.1) is 0 Å². The summed E-state index contributed by atoms with van der Waals surface area (Å²) in [5.41, 5.74) is 8.54. The number of nitrogens with zero attached hydrogens (tertiary/aromatic N) is 3. The first kappa shape index (κ1) is 11.4. The molecule has 19 heavy (non-hydrogen) atoms. The third-order valence-corrected chi connectivity index (χ3v) is 2.98. The van der Waals surface area contributed by atoms with E-state index in [4.69, 9.17) is 5.73 Å². The third kappa shape index (κ3) is 1.95. The highest BCUT2D eigenvalue weighted by molar-refractivity contribution is 5.97. The van der Waals surface area contributed by atoms with Gasteiger partial charge in [-0.05, 0) is 37.3 Å². The van der Waals surface area contributed by atoms with Crippen molar-refractivity contribution in [1.29, 1.82) is 0 Å². The van der Waals surface area contributed by atoms with Gasteiger partial charge in [0.1, 0.15) is 0 Å². The first-order chi connectivity index (χ1) is 9.15. The Morgan fingerprint density at radius 3 is 2.84 bits per heavy atom. The number of carbonyl (C=O) groups excluding carboxylic acids is 1. The lowest BCUT2D eigenvalue weighted by Gasteiger charge is -2.04. The van der Waals surface area contributed by atoms with Gasteiger partial charge in [0.2, 0.25) is 5.91 Å². The number of benzene rings is 1. The number of aromatic nitrogens is 3. The maximum Gasteiger partial charge on any atom is 0.248 e. The predicted octanol–water partition coefficient (Wildman–Crippen LogP) is 1.83. The molecule has 1 amide bonds. The molecule has 0 saturated carbocycles. The minimum atomic E-state index is -0.436. The van der Waals surface area contributed by atoms with E-state index < -0.39 is 5.91 Å². The molecule has 0 spiro atoms. The number of pyridine rings is 1. The molecule has 0 unspecified atom stereocenters. The average Bonchev–Trinajstić information content (AvgIpc) is 2.81. The Hall–Kier alpha value is -2.69. The molecular weight excluding hydrogens is 240 g/mol. The molecule has 5 nitrogen and oxygen atoms in total. The zero-order valence-corrected chi connectivity index (χ0v) is 10.4. The molecule has 3 aromatic rings. The zero-order valence-electron chi connectivity index (χ0n) is 10.4. The van der Waals surface area contributed by atoms with Crippen LogP contribution in [0.5, 0.6) is 0 Å². The van der Waals surface area contributed by atoms with Crippen LogP contribution in [0.2, 0.25) is 0 Å². The second-order valence-corrected chi connectivity index (χ2v) is 4.35. The number of amides is 1. The number of hydrogen-bond donors (Lipinski definition) is 1. The molecular formula is C14H12N4O. The monoisotopic (exact) mass is 252 g/mol. The summed E-state index contributed by atoms with van der Waals surface area (Å²) in [6, 6.07) is 9.14. The Balaban J connectivity index is 2.18. The number of rotatable bonds is 2. The Labute approximate surface area is 109 Å². The van der Waals surface area contributed by atoms with E-state index in [1.165, 1.54) is 0 Å². The van der Waals surface area contributed by atoms with Crippen LogP contribution in [-0.4, -0.2) is 20.7 Å². The molecule has 0 fully saturated rings. The van der Waals surface area contributed by atoms with Crippen LogP contribution in [0, 0.1) is 6.92 Å². The van der Waals surface area contributed by atoms with Crippen LogP contribution < -0.4 is 5.73 Å². The maximum absolute atomic E-state index is 11.2.